The van der Waals surface area contributed by atoms with Gasteiger partial charge in [-0.1, -0.05) is 55.5 Å². The van der Waals surface area contributed by atoms with Gasteiger partial charge in [0, 0.05) is 5.92 Å². The number of hydrogen-bond acceptors (Lipinski definition) is 10. The lowest BCUT2D eigenvalue weighted by atomic mass is 10.1. The summed E-state index contributed by atoms with van der Waals surface area (Å²) in [5, 5.41) is 8.43. The van der Waals surface area contributed by atoms with E-state index in [-0.39, 0.29) is 35.2 Å². The Labute approximate surface area is 236 Å². The Kier molecular flexibility index (Phi) is 8.10. The van der Waals surface area contributed by atoms with Crippen molar-refractivity contribution in [3.05, 3.63) is 82.1 Å². The zero-order valence-electron chi connectivity index (χ0n) is 21.9. The number of H-pyrrole nitrogens is 1. The Balaban J connectivity index is 1.46. The first-order valence-corrected chi connectivity index (χ1v) is 13.6. The molecule has 3 heterocycles. The first kappa shape index (κ1) is 28.0. The maximum atomic E-state index is 15.9. The summed E-state index contributed by atoms with van der Waals surface area (Å²) in [6.07, 6.45) is -3.20. The monoisotopic (exact) mass is 580 g/mol. The summed E-state index contributed by atoms with van der Waals surface area (Å²) < 4.78 is 28.1. The quantitative estimate of drug-likeness (QED) is 0.297. The number of aromatic nitrogens is 5. The van der Waals surface area contributed by atoms with Crippen LogP contribution in [0.4, 0.5) is 10.3 Å². The van der Waals surface area contributed by atoms with Crippen LogP contribution in [0.15, 0.2) is 65.5 Å². The lowest BCUT2D eigenvalue weighted by Crippen LogP contribution is -2.35. The minimum atomic E-state index is -1.79. The van der Waals surface area contributed by atoms with Gasteiger partial charge in [0.1, 0.15) is 12.0 Å². The molecule has 41 heavy (non-hydrogen) atoms. The zero-order chi connectivity index (χ0) is 29.1. The molecule has 12 nitrogen and oxygen atoms in total. The molecule has 1 unspecified atom stereocenters. The molecule has 2 aromatic carbocycles. The number of anilines is 1. The molecule has 5 rings (SSSR count). The molecule has 1 fully saturated rings. The van der Waals surface area contributed by atoms with Crippen molar-refractivity contribution in [2.75, 3.05) is 11.9 Å². The van der Waals surface area contributed by atoms with E-state index in [1.165, 1.54) is 16.8 Å². The molecule has 2 N–H and O–H groups in total. The number of aromatic amines is 1. The topological polar surface area (TPSA) is 158 Å². The lowest BCUT2D eigenvalue weighted by molar-refractivity contribution is -0.118. The summed E-state index contributed by atoms with van der Waals surface area (Å²) in [4.78, 5) is 57.0. The van der Waals surface area contributed by atoms with Gasteiger partial charge in [0.15, 0.2) is 23.4 Å². The smallest absolute Gasteiger partial charge is 0.338 e. The summed E-state index contributed by atoms with van der Waals surface area (Å²) >= 11 is 0.996. The van der Waals surface area contributed by atoms with Gasteiger partial charge in [-0.25, -0.2) is 18.7 Å². The molecule has 1 saturated heterocycles. The van der Waals surface area contributed by atoms with Crippen LogP contribution in [0.2, 0.25) is 0 Å². The number of alkyl halides is 1. The molecule has 1 aliphatic heterocycles. The summed E-state index contributed by atoms with van der Waals surface area (Å²) in [6.45, 7) is 3.02. The molecule has 0 radical (unpaired) electrons. The van der Waals surface area contributed by atoms with Crippen LogP contribution in [0, 0.1) is 5.92 Å². The van der Waals surface area contributed by atoms with E-state index in [2.05, 4.69) is 25.6 Å². The highest BCUT2D eigenvalue weighted by molar-refractivity contribution is 8.00. The molecule has 1 aliphatic rings. The fraction of sp³-hybridized carbons (Fsp3) is 0.296. The molecule has 0 saturated carbocycles. The summed E-state index contributed by atoms with van der Waals surface area (Å²) in [5.74, 6) is -2.33. The van der Waals surface area contributed by atoms with Crippen molar-refractivity contribution in [3.8, 4) is 0 Å². The standard InChI is InChI=1S/C27H25FN6O6S/c1-14(2)22(35)30-27-29-21-19(23(36)31-27)32-33-34(21)24-20(40-26(38)16-11-7-4-8-12-16)18(28)17(41-24)13-39-25(37)15-9-5-3-6-10-15/h3-12,14,17-18,20,24H,13H2,1-2H3,(H2,29,30,31,35,36)/t17-,18?,20+,24-/m1/s1. The number of thioether (sulfide) groups is 1. The van der Waals surface area contributed by atoms with Crippen molar-refractivity contribution in [2.45, 2.75) is 36.7 Å². The zero-order valence-corrected chi connectivity index (χ0v) is 22.7. The van der Waals surface area contributed by atoms with Gasteiger partial charge in [-0.05, 0) is 24.3 Å². The Hall–Kier alpha value is -4.59. The molecule has 1 amide bonds. The number of nitrogens with zero attached hydrogens (tertiary/aromatic N) is 4. The van der Waals surface area contributed by atoms with Gasteiger partial charge in [-0.15, -0.1) is 16.9 Å². The van der Waals surface area contributed by atoms with Crippen molar-refractivity contribution < 1.29 is 28.2 Å². The predicted octanol–water partition coefficient (Wildman–Crippen LogP) is 3.14. The third-order valence-corrected chi connectivity index (χ3v) is 7.74. The van der Waals surface area contributed by atoms with E-state index in [0.717, 1.165) is 11.8 Å². The van der Waals surface area contributed by atoms with Crippen LogP contribution >= 0.6 is 11.8 Å². The first-order chi connectivity index (χ1) is 19.7. The lowest BCUT2D eigenvalue weighted by Gasteiger charge is -2.21. The van der Waals surface area contributed by atoms with Crippen LogP contribution in [-0.2, 0) is 14.3 Å². The van der Waals surface area contributed by atoms with Crippen molar-refractivity contribution >= 4 is 46.7 Å². The highest BCUT2D eigenvalue weighted by Gasteiger charge is 2.50. The van der Waals surface area contributed by atoms with Crippen LogP contribution in [0.25, 0.3) is 11.2 Å². The number of ether oxygens (including phenoxy) is 2. The predicted molar refractivity (Wildman–Crippen MR) is 147 cm³/mol. The first-order valence-electron chi connectivity index (χ1n) is 12.7. The summed E-state index contributed by atoms with van der Waals surface area (Å²) in [5.41, 5.74) is -0.377. The minimum Gasteiger partial charge on any atom is -0.461 e. The van der Waals surface area contributed by atoms with E-state index in [9.17, 15) is 19.2 Å². The fourth-order valence-electron chi connectivity index (χ4n) is 4.06. The van der Waals surface area contributed by atoms with Crippen LogP contribution < -0.4 is 10.9 Å². The fourth-order valence-corrected chi connectivity index (χ4v) is 5.49. The Morgan fingerprint density at radius 3 is 2.32 bits per heavy atom. The van der Waals surface area contributed by atoms with E-state index in [1.807, 2.05) is 0 Å². The molecule has 2 aromatic heterocycles. The van der Waals surface area contributed by atoms with Gasteiger partial charge in [-0.2, -0.15) is 4.98 Å². The maximum absolute atomic E-state index is 15.9. The second-order valence-electron chi connectivity index (χ2n) is 9.47. The number of fused-ring (bicyclic) bond motifs is 1. The van der Waals surface area contributed by atoms with E-state index >= 15 is 4.39 Å². The van der Waals surface area contributed by atoms with E-state index in [0.29, 0.717) is 5.56 Å². The van der Waals surface area contributed by atoms with Crippen molar-refractivity contribution in [1.82, 2.24) is 25.0 Å². The molecular formula is C27H25FN6O6S. The van der Waals surface area contributed by atoms with Gasteiger partial charge in [0.2, 0.25) is 11.9 Å². The maximum Gasteiger partial charge on any atom is 0.338 e. The third-order valence-electron chi connectivity index (χ3n) is 6.25. The van der Waals surface area contributed by atoms with Gasteiger partial charge in [-0.3, -0.25) is 19.9 Å². The van der Waals surface area contributed by atoms with E-state index in [1.54, 1.807) is 62.4 Å². The molecule has 4 aromatic rings. The van der Waals surface area contributed by atoms with Gasteiger partial charge in [0.05, 0.1) is 16.4 Å². The van der Waals surface area contributed by atoms with Gasteiger partial charge < -0.3 is 9.47 Å². The molecule has 0 aliphatic carbocycles. The number of benzene rings is 2. The van der Waals surface area contributed by atoms with Crippen LogP contribution in [0.1, 0.15) is 39.9 Å². The molecule has 4 atom stereocenters. The molecule has 0 spiro atoms. The molecule has 14 heteroatoms. The van der Waals surface area contributed by atoms with Crippen molar-refractivity contribution in [3.63, 3.8) is 0 Å². The summed E-state index contributed by atoms with van der Waals surface area (Å²) in [6, 6.07) is 16.3. The second-order valence-corrected chi connectivity index (χ2v) is 10.8. The number of carbonyl (C=O) groups excluding carboxylic acids is 3. The third kappa shape index (κ3) is 5.96. The van der Waals surface area contributed by atoms with Crippen LogP contribution in [-0.4, -0.2) is 66.9 Å². The second kappa shape index (κ2) is 11.9. The number of hydrogen-bond donors (Lipinski definition) is 2. The average molecular weight is 581 g/mol. The summed E-state index contributed by atoms with van der Waals surface area (Å²) in [7, 11) is 0. The molecule has 212 valence electrons. The van der Waals surface area contributed by atoms with Gasteiger partial charge >= 0.3 is 11.9 Å². The van der Waals surface area contributed by atoms with Crippen molar-refractivity contribution in [2.24, 2.45) is 5.92 Å². The van der Waals surface area contributed by atoms with Crippen LogP contribution in [0.3, 0.4) is 0 Å². The SMILES string of the molecule is CC(C)C(=O)Nc1nc2c(nnn2[C@@H]2S[C@H](COC(=O)c3ccccc3)C(F)[C@@H]2OC(=O)c2ccccc2)c(=O)[nH]1. The average Bonchev–Trinajstić information content (AvgIpc) is 3.53. The van der Waals surface area contributed by atoms with E-state index in [4.69, 9.17) is 9.47 Å². The Morgan fingerprint density at radius 1 is 1.05 bits per heavy atom. The number of carbonyl (C=O) groups is 3. The number of amides is 1. The highest BCUT2D eigenvalue weighted by Crippen LogP contribution is 2.46. The number of nitrogens with one attached hydrogen (secondary N) is 2. The number of halogens is 1. The molecular weight excluding hydrogens is 555 g/mol. The number of esters is 2. The Bertz CT molecular complexity index is 1630. The minimum absolute atomic E-state index is 0.0554. The highest BCUT2D eigenvalue weighted by atomic mass is 32.2. The molecule has 0 bridgehead atoms. The van der Waals surface area contributed by atoms with Crippen LogP contribution in [0.5, 0.6) is 0 Å². The largest absolute Gasteiger partial charge is 0.461 e. The van der Waals surface area contributed by atoms with Gasteiger partial charge in [0.25, 0.3) is 5.56 Å². The number of rotatable bonds is 8. The Morgan fingerprint density at radius 2 is 1.68 bits per heavy atom. The van der Waals surface area contributed by atoms with E-state index < -0.39 is 46.3 Å². The van der Waals surface area contributed by atoms with Crippen molar-refractivity contribution in [1.29, 1.82) is 0 Å². The normalized spacial score (nSPS) is 20.2.